The summed E-state index contributed by atoms with van der Waals surface area (Å²) in [7, 11) is 0. The normalized spacial score (nSPS) is 14.1. The van der Waals surface area contributed by atoms with E-state index in [2.05, 4.69) is 20.7 Å². The van der Waals surface area contributed by atoms with Gasteiger partial charge in [0.1, 0.15) is 12.1 Å². The Morgan fingerprint density at radius 1 is 1.26 bits per heavy atom. The van der Waals surface area contributed by atoms with Crippen LogP contribution in [0.15, 0.2) is 29.4 Å². The highest BCUT2D eigenvalue weighted by Gasteiger charge is 2.10. The topological polar surface area (TPSA) is 87.2 Å². The fourth-order valence-corrected chi connectivity index (χ4v) is 1.89. The number of nitriles is 2. The SMILES string of the molecule is N#CC(C#N)=NNc1cccc(N2CCNCC2)c1. The van der Waals surface area contributed by atoms with Crippen LogP contribution < -0.4 is 15.6 Å². The molecule has 1 aliphatic heterocycles. The maximum absolute atomic E-state index is 8.60. The summed E-state index contributed by atoms with van der Waals surface area (Å²) in [6.07, 6.45) is 0. The Morgan fingerprint density at radius 3 is 2.68 bits per heavy atom. The largest absolute Gasteiger partial charge is 0.369 e. The molecular formula is C13H14N6. The van der Waals surface area contributed by atoms with Gasteiger partial charge in [0.05, 0.1) is 5.69 Å². The second-order valence-electron chi connectivity index (χ2n) is 4.08. The summed E-state index contributed by atoms with van der Waals surface area (Å²) in [6.45, 7) is 3.88. The van der Waals surface area contributed by atoms with Crippen molar-refractivity contribution >= 4 is 17.1 Å². The van der Waals surface area contributed by atoms with E-state index in [1.165, 1.54) is 0 Å². The number of benzene rings is 1. The molecule has 1 aromatic rings. The minimum atomic E-state index is -0.187. The molecule has 6 nitrogen and oxygen atoms in total. The van der Waals surface area contributed by atoms with Crippen LogP contribution in [-0.2, 0) is 0 Å². The van der Waals surface area contributed by atoms with Crippen LogP contribution in [0.5, 0.6) is 0 Å². The summed E-state index contributed by atoms with van der Waals surface area (Å²) in [5, 5.41) is 24.2. The highest BCUT2D eigenvalue weighted by Crippen LogP contribution is 2.19. The number of hydrazone groups is 1. The monoisotopic (exact) mass is 254 g/mol. The maximum atomic E-state index is 8.60. The van der Waals surface area contributed by atoms with Gasteiger partial charge >= 0.3 is 0 Å². The van der Waals surface area contributed by atoms with Crippen molar-refractivity contribution in [2.75, 3.05) is 36.5 Å². The van der Waals surface area contributed by atoms with Gasteiger partial charge in [-0.05, 0) is 18.2 Å². The number of anilines is 2. The summed E-state index contributed by atoms with van der Waals surface area (Å²) in [6, 6.07) is 11.2. The fourth-order valence-electron chi connectivity index (χ4n) is 1.89. The highest BCUT2D eigenvalue weighted by molar-refractivity contribution is 6.10. The molecule has 0 aliphatic carbocycles. The summed E-state index contributed by atoms with van der Waals surface area (Å²) in [5.41, 5.74) is 4.41. The zero-order chi connectivity index (χ0) is 13.5. The van der Waals surface area contributed by atoms with Crippen molar-refractivity contribution in [3.05, 3.63) is 24.3 Å². The van der Waals surface area contributed by atoms with Gasteiger partial charge in [0.25, 0.3) is 0 Å². The van der Waals surface area contributed by atoms with Crippen molar-refractivity contribution in [2.24, 2.45) is 5.10 Å². The maximum Gasteiger partial charge on any atom is 0.237 e. The molecule has 1 heterocycles. The van der Waals surface area contributed by atoms with Crippen molar-refractivity contribution in [1.82, 2.24) is 5.32 Å². The van der Waals surface area contributed by atoms with Crippen molar-refractivity contribution < 1.29 is 0 Å². The van der Waals surface area contributed by atoms with Crippen LogP contribution >= 0.6 is 0 Å². The van der Waals surface area contributed by atoms with Crippen molar-refractivity contribution in [2.45, 2.75) is 0 Å². The molecule has 1 saturated heterocycles. The Morgan fingerprint density at radius 2 is 2.00 bits per heavy atom. The van der Waals surface area contributed by atoms with Gasteiger partial charge in [-0.1, -0.05) is 6.07 Å². The molecule has 2 rings (SSSR count). The molecule has 0 radical (unpaired) electrons. The van der Waals surface area contributed by atoms with Crippen LogP contribution in [0.1, 0.15) is 0 Å². The molecule has 1 aliphatic rings. The van der Waals surface area contributed by atoms with E-state index in [0.717, 1.165) is 37.6 Å². The molecule has 0 saturated carbocycles. The second kappa shape index (κ2) is 6.39. The predicted octanol–water partition coefficient (Wildman–Crippen LogP) is 0.911. The zero-order valence-corrected chi connectivity index (χ0v) is 10.4. The fraction of sp³-hybridized carbons (Fsp3) is 0.308. The number of nitrogens with one attached hydrogen (secondary N) is 2. The Labute approximate surface area is 111 Å². The van der Waals surface area contributed by atoms with Gasteiger partial charge in [0.2, 0.25) is 5.71 Å². The van der Waals surface area contributed by atoms with E-state index < -0.39 is 0 Å². The Kier molecular flexibility index (Phi) is 4.33. The van der Waals surface area contributed by atoms with Crippen LogP contribution in [0.25, 0.3) is 0 Å². The third-order valence-corrected chi connectivity index (χ3v) is 2.84. The summed E-state index contributed by atoms with van der Waals surface area (Å²) >= 11 is 0. The first kappa shape index (κ1) is 12.9. The smallest absolute Gasteiger partial charge is 0.237 e. The lowest BCUT2D eigenvalue weighted by atomic mass is 10.2. The van der Waals surface area contributed by atoms with Gasteiger partial charge in [-0.3, -0.25) is 5.43 Å². The van der Waals surface area contributed by atoms with Crippen molar-refractivity contribution in [3.8, 4) is 12.1 Å². The van der Waals surface area contributed by atoms with Gasteiger partial charge in [0, 0.05) is 31.9 Å². The summed E-state index contributed by atoms with van der Waals surface area (Å²) in [5.74, 6) is 0. The Hall–Kier alpha value is -2.57. The van der Waals surface area contributed by atoms with E-state index >= 15 is 0 Å². The molecule has 19 heavy (non-hydrogen) atoms. The second-order valence-corrected chi connectivity index (χ2v) is 4.08. The minimum absolute atomic E-state index is 0.187. The highest BCUT2D eigenvalue weighted by atomic mass is 15.3. The van der Waals surface area contributed by atoms with Gasteiger partial charge in [0.15, 0.2) is 0 Å². The molecule has 1 aromatic carbocycles. The van der Waals surface area contributed by atoms with Crippen LogP contribution in [-0.4, -0.2) is 31.9 Å². The van der Waals surface area contributed by atoms with Crippen LogP contribution in [0.2, 0.25) is 0 Å². The van der Waals surface area contributed by atoms with E-state index in [0.29, 0.717) is 0 Å². The molecule has 0 amide bonds. The third kappa shape index (κ3) is 3.44. The van der Waals surface area contributed by atoms with Gasteiger partial charge in [-0.15, -0.1) is 0 Å². The molecule has 0 aromatic heterocycles. The van der Waals surface area contributed by atoms with E-state index in [9.17, 15) is 0 Å². The first-order chi connectivity index (χ1) is 9.33. The summed E-state index contributed by atoms with van der Waals surface area (Å²) < 4.78 is 0. The Balaban J connectivity index is 2.09. The number of rotatable bonds is 3. The summed E-state index contributed by atoms with van der Waals surface area (Å²) in [4.78, 5) is 2.28. The van der Waals surface area contributed by atoms with Gasteiger partial charge in [-0.25, -0.2) is 0 Å². The lowest BCUT2D eigenvalue weighted by Crippen LogP contribution is -2.43. The lowest BCUT2D eigenvalue weighted by molar-refractivity contribution is 0.589. The zero-order valence-electron chi connectivity index (χ0n) is 10.4. The third-order valence-electron chi connectivity index (χ3n) is 2.84. The molecule has 0 atom stereocenters. The first-order valence-corrected chi connectivity index (χ1v) is 6.03. The van der Waals surface area contributed by atoms with Crippen LogP contribution in [0, 0.1) is 22.7 Å². The van der Waals surface area contributed by atoms with E-state index in [1.807, 2.05) is 24.3 Å². The molecular weight excluding hydrogens is 240 g/mol. The van der Waals surface area contributed by atoms with Crippen LogP contribution in [0.3, 0.4) is 0 Å². The van der Waals surface area contributed by atoms with Crippen molar-refractivity contribution in [1.29, 1.82) is 10.5 Å². The van der Waals surface area contributed by atoms with E-state index in [4.69, 9.17) is 10.5 Å². The van der Waals surface area contributed by atoms with E-state index in [-0.39, 0.29) is 5.71 Å². The molecule has 0 bridgehead atoms. The van der Waals surface area contributed by atoms with Gasteiger partial charge < -0.3 is 10.2 Å². The van der Waals surface area contributed by atoms with Crippen molar-refractivity contribution in [3.63, 3.8) is 0 Å². The Bertz CT molecular complexity index is 529. The molecule has 96 valence electrons. The van der Waals surface area contributed by atoms with Crippen LogP contribution in [0.4, 0.5) is 11.4 Å². The average Bonchev–Trinajstić information content (AvgIpc) is 2.49. The quantitative estimate of drug-likeness (QED) is 0.618. The minimum Gasteiger partial charge on any atom is -0.369 e. The lowest BCUT2D eigenvalue weighted by Gasteiger charge is -2.29. The average molecular weight is 254 g/mol. The number of piperazine rings is 1. The predicted molar refractivity (Wildman–Crippen MR) is 73.8 cm³/mol. The van der Waals surface area contributed by atoms with E-state index in [1.54, 1.807) is 12.1 Å². The molecule has 0 unspecified atom stereocenters. The molecule has 0 spiro atoms. The molecule has 1 fully saturated rings. The standard InChI is InChI=1S/C13H14N6/c14-9-12(10-15)18-17-11-2-1-3-13(8-11)19-6-4-16-5-7-19/h1-3,8,16-17H,4-7H2. The number of nitrogens with zero attached hydrogens (tertiary/aromatic N) is 4. The number of hydrogen-bond acceptors (Lipinski definition) is 6. The van der Waals surface area contributed by atoms with Gasteiger partial charge in [-0.2, -0.15) is 15.6 Å². The first-order valence-electron chi connectivity index (χ1n) is 6.03. The number of hydrogen-bond donors (Lipinski definition) is 2. The molecule has 2 N–H and O–H groups in total. The molecule has 6 heteroatoms.